The maximum absolute atomic E-state index is 6.21. The van der Waals surface area contributed by atoms with Gasteiger partial charge >= 0.3 is 0 Å². The van der Waals surface area contributed by atoms with Crippen molar-refractivity contribution in [2.75, 3.05) is 6.23 Å². The minimum Gasteiger partial charge on any atom is -0.421 e. The van der Waals surface area contributed by atoms with Crippen LogP contribution in [0, 0.1) is 0 Å². The van der Waals surface area contributed by atoms with Gasteiger partial charge < -0.3 is 4.43 Å². The molecule has 0 aromatic rings. The molecule has 0 fully saturated rings. The first-order valence-corrected chi connectivity index (χ1v) is 16.1. The lowest BCUT2D eigenvalue weighted by Gasteiger charge is -2.31. The summed E-state index contributed by atoms with van der Waals surface area (Å²) in [5, 5.41) is 0. The summed E-state index contributed by atoms with van der Waals surface area (Å²) in [7, 11) is -3.30. The van der Waals surface area contributed by atoms with Gasteiger partial charge in [0.1, 0.15) is 0 Å². The van der Waals surface area contributed by atoms with Gasteiger partial charge in [0.25, 0.3) is 0 Å². The van der Waals surface area contributed by atoms with Gasteiger partial charge in [-0.15, -0.1) is 0 Å². The van der Waals surface area contributed by atoms with Crippen molar-refractivity contribution in [1.29, 1.82) is 0 Å². The van der Waals surface area contributed by atoms with E-state index in [2.05, 4.69) is 52.4 Å². The highest BCUT2D eigenvalue weighted by molar-refractivity contribution is 6.92. The Morgan fingerprint density at radius 2 is 1.14 bits per heavy atom. The summed E-state index contributed by atoms with van der Waals surface area (Å²) in [4.78, 5) is 0. The molecular formula is C10H28OSi3. The maximum Gasteiger partial charge on any atom is 0.183 e. The summed E-state index contributed by atoms with van der Waals surface area (Å²) in [6, 6.07) is 0. The Balaban J connectivity index is 4.09. The van der Waals surface area contributed by atoms with E-state index in [-0.39, 0.29) is 0 Å². The molecule has 1 nitrogen and oxygen atoms in total. The van der Waals surface area contributed by atoms with Crippen molar-refractivity contribution in [2.45, 2.75) is 58.0 Å². The molecule has 0 aromatic heterocycles. The molecule has 0 atom stereocenters. The van der Waals surface area contributed by atoms with Gasteiger partial charge in [0, 0.05) is 14.3 Å². The predicted molar refractivity (Wildman–Crippen MR) is 74.9 cm³/mol. The van der Waals surface area contributed by atoms with Crippen LogP contribution in [0.4, 0.5) is 0 Å². The van der Waals surface area contributed by atoms with Crippen molar-refractivity contribution in [3.05, 3.63) is 0 Å². The monoisotopic (exact) mass is 248 g/mol. The summed E-state index contributed by atoms with van der Waals surface area (Å²) in [6.07, 6.45) is 1.05. The van der Waals surface area contributed by atoms with Crippen LogP contribution in [0.25, 0.3) is 0 Å². The quantitative estimate of drug-likeness (QED) is 0.669. The fourth-order valence-corrected chi connectivity index (χ4v) is 15.7. The summed E-state index contributed by atoms with van der Waals surface area (Å²) >= 11 is 0. The summed E-state index contributed by atoms with van der Waals surface area (Å²) in [5.74, 6) is 0. The zero-order chi connectivity index (χ0) is 11.6. The number of rotatable bonds is 5. The highest BCUT2D eigenvalue weighted by atomic mass is 28.4. The first kappa shape index (κ1) is 14.6. The molecule has 0 unspecified atom stereocenters. The lowest BCUT2D eigenvalue weighted by Crippen LogP contribution is -2.44. The minimum atomic E-state index is -1.35. The summed E-state index contributed by atoms with van der Waals surface area (Å²) in [6.45, 7) is 19.2. The molecule has 0 saturated carbocycles. The third-order valence-electron chi connectivity index (χ3n) is 1.85. The normalized spacial score (nSPS) is 14.6. The van der Waals surface area contributed by atoms with Crippen LogP contribution >= 0.6 is 0 Å². The van der Waals surface area contributed by atoms with Crippen LogP contribution in [0.15, 0.2) is 0 Å². The van der Waals surface area contributed by atoms with Gasteiger partial charge in [0.05, 0.1) is 8.07 Å². The van der Waals surface area contributed by atoms with Gasteiger partial charge in [-0.25, -0.2) is 0 Å². The molecule has 0 N–H and O–H groups in total. The fourth-order valence-electron chi connectivity index (χ4n) is 1.74. The van der Waals surface area contributed by atoms with Crippen LogP contribution in [0.5, 0.6) is 0 Å². The van der Waals surface area contributed by atoms with Crippen LogP contribution in [0.1, 0.15) is 0 Å². The molecular weight excluding hydrogens is 220 g/mol. The molecule has 0 heterocycles. The van der Waals surface area contributed by atoms with E-state index in [9.17, 15) is 0 Å². The van der Waals surface area contributed by atoms with E-state index in [1.54, 1.807) is 0 Å². The lowest BCUT2D eigenvalue weighted by molar-refractivity contribution is 0.371. The molecule has 0 aliphatic rings. The Kier molecular flexibility index (Phi) is 4.84. The Labute approximate surface area is 93.4 Å². The van der Waals surface area contributed by atoms with Gasteiger partial charge in [-0.1, -0.05) is 39.3 Å². The van der Waals surface area contributed by atoms with Crippen LogP contribution in [0.3, 0.4) is 0 Å². The zero-order valence-corrected chi connectivity index (χ0v) is 14.3. The Morgan fingerprint density at radius 1 is 0.714 bits per heavy atom. The van der Waals surface area contributed by atoms with E-state index in [0.717, 1.165) is 6.23 Å². The fraction of sp³-hybridized carbons (Fsp3) is 1.00. The van der Waals surface area contributed by atoms with E-state index in [4.69, 9.17) is 4.43 Å². The van der Waals surface area contributed by atoms with Gasteiger partial charge in [-0.2, -0.15) is 0 Å². The molecule has 0 aromatic carbocycles. The topological polar surface area (TPSA) is 9.23 Å². The molecule has 0 saturated heterocycles. The van der Waals surface area contributed by atoms with E-state index in [1.807, 2.05) is 0 Å². The second-order valence-corrected chi connectivity index (χ2v) is 23.1. The molecule has 0 aliphatic heterocycles. The molecule has 0 rings (SSSR count). The van der Waals surface area contributed by atoms with Gasteiger partial charge in [0.15, 0.2) is 8.32 Å². The van der Waals surface area contributed by atoms with Crippen LogP contribution in [0.2, 0.25) is 58.0 Å². The standard InChI is InChI=1S/C10H28OSi3/c1-12(2,3)9-11-14(7,8)10-13(4,5)6/h9-10H2,1-8H3. The van der Waals surface area contributed by atoms with Gasteiger partial charge in [-0.05, 0) is 18.8 Å². The molecule has 0 radical (unpaired) electrons. The average Bonchev–Trinajstić information content (AvgIpc) is 1.76. The highest BCUT2D eigenvalue weighted by Gasteiger charge is 2.31. The van der Waals surface area contributed by atoms with Crippen molar-refractivity contribution in [1.82, 2.24) is 0 Å². The number of hydrogen-bond donors (Lipinski definition) is 0. The zero-order valence-electron chi connectivity index (χ0n) is 11.3. The van der Waals surface area contributed by atoms with E-state index >= 15 is 0 Å². The minimum absolute atomic E-state index is 0.937. The molecule has 0 bridgehead atoms. The Hall–Kier alpha value is 0.611. The first-order chi connectivity index (χ1) is 5.91. The van der Waals surface area contributed by atoms with Crippen LogP contribution in [-0.2, 0) is 4.43 Å². The van der Waals surface area contributed by atoms with E-state index in [1.165, 1.54) is 5.67 Å². The molecule has 0 amide bonds. The van der Waals surface area contributed by atoms with Crippen LogP contribution in [-0.4, -0.2) is 30.7 Å². The Bertz CT molecular complexity index is 177. The SMILES string of the molecule is C[Si](C)(C)CO[Si](C)(C)C[Si](C)(C)C. The van der Waals surface area contributed by atoms with Crippen molar-refractivity contribution in [3.8, 4) is 0 Å². The van der Waals surface area contributed by atoms with Crippen molar-refractivity contribution in [3.63, 3.8) is 0 Å². The Morgan fingerprint density at radius 3 is 1.43 bits per heavy atom. The second-order valence-electron chi connectivity index (χ2n) is 7.35. The van der Waals surface area contributed by atoms with Crippen LogP contribution < -0.4 is 0 Å². The summed E-state index contributed by atoms with van der Waals surface area (Å²) in [5.41, 5.74) is 1.39. The van der Waals surface area contributed by atoms with Crippen molar-refractivity contribution < 1.29 is 4.43 Å². The molecule has 86 valence electrons. The van der Waals surface area contributed by atoms with Gasteiger partial charge in [0.2, 0.25) is 0 Å². The third kappa shape index (κ3) is 9.18. The second kappa shape index (κ2) is 4.63. The largest absolute Gasteiger partial charge is 0.421 e. The van der Waals surface area contributed by atoms with Crippen molar-refractivity contribution in [2.24, 2.45) is 0 Å². The van der Waals surface area contributed by atoms with E-state index < -0.39 is 24.5 Å². The van der Waals surface area contributed by atoms with Gasteiger partial charge in [-0.3, -0.25) is 0 Å². The number of hydrogen-bond acceptors (Lipinski definition) is 1. The average molecular weight is 249 g/mol. The molecule has 0 aliphatic carbocycles. The maximum atomic E-state index is 6.21. The smallest absolute Gasteiger partial charge is 0.183 e. The van der Waals surface area contributed by atoms with E-state index in [0.29, 0.717) is 0 Å². The summed E-state index contributed by atoms with van der Waals surface area (Å²) < 4.78 is 6.21. The lowest BCUT2D eigenvalue weighted by atomic mass is 11.7. The molecule has 4 heteroatoms. The first-order valence-electron chi connectivity index (χ1n) is 5.55. The molecule has 0 spiro atoms. The third-order valence-corrected chi connectivity index (χ3v) is 11.7. The highest BCUT2D eigenvalue weighted by Crippen LogP contribution is 2.21. The van der Waals surface area contributed by atoms with Crippen molar-refractivity contribution >= 4 is 24.5 Å². The molecule has 14 heavy (non-hydrogen) atoms. The predicted octanol–water partition coefficient (Wildman–Crippen LogP) is 3.96.